The average Bonchev–Trinajstić information content (AvgIpc) is 2.67. The summed E-state index contributed by atoms with van der Waals surface area (Å²) in [6, 6.07) is 0.184. The fraction of sp³-hybridized carbons (Fsp3) is 0.875. The smallest absolute Gasteiger partial charge is 0.320 e. The number of nitrogens with zero attached hydrogens (tertiary/aromatic N) is 2. The van der Waals surface area contributed by atoms with Crippen molar-refractivity contribution in [1.82, 2.24) is 9.80 Å². The Kier molecular flexibility index (Phi) is 7.54. The SMILES string of the molecule is CCC1CCCN(C(=O)N(CCCC(=O)O)C(C)C)CC1. The van der Waals surface area contributed by atoms with E-state index < -0.39 is 5.97 Å². The molecule has 0 spiro atoms. The minimum absolute atomic E-state index is 0.0761. The Bertz CT molecular complexity index is 344. The van der Waals surface area contributed by atoms with Crippen molar-refractivity contribution in [1.29, 1.82) is 0 Å². The van der Waals surface area contributed by atoms with Crippen LogP contribution in [0.15, 0.2) is 0 Å². The maximum absolute atomic E-state index is 12.7. The molecule has 1 saturated heterocycles. The largest absolute Gasteiger partial charge is 0.481 e. The normalized spacial score (nSPS) is 19.4. The van der Waals surface area contributed by atoms with Crippen molar-refractivity contribution in [3.63, 3.8) is 0 Å². The number of rotatable bonds is 6. The number of carbonyl (C=O) groups is 2. The molecule has 1 heterocycles. The van der Waals surface area contributed by atoms with Gasteiger partial charge < -0.3 is 14.9 Å². The van der Waals surface area contributed by atoms with Crippen LogP contribution in [0.1, 0.15) is 59.3 Å². The number of carboxylic acid groups (broad SMARTS) is 1. The predicted octanol–water partition coefficient (Wildman–Crippen LogP) is 3.19. The summed E-state index contributed by atoms with van der Waals surface area (Å²) in [4.78, 5) is 27.1. The second-order valence-electron chi connectivity index (χ2n) is 6.26. The van der Waals surface area contributed by atoms with E-state index in [0.29, 0.717) is 13.0 Å². The van der Waals surface area contributed by atoms with Gasteiger partial charge in [-0.3, -0.25) is 4.79 Å². The number of hydrogen-bond donors (Lipinski definition) is 1. The standard InChI is InChI=1S/C16H30N2O3/c1-4-14-7-5-10-17(12-9-14)16(21)18(13(2)3)11-6-8-15(19)20/h13-14H,4-12H2,1-3H3,(H,19,20). The maximum atomic E-state index is 12.7. The zero-order chi connectivity index (χ0) is 15.8. The van der Waals surface area contributed by atoms with Gasteiger partial charge in [0, 0.05) is 32.1 Å². The van der Waals surface area contributed by atoms with Gasteiger partial charge in [-0.15, -0.1) is 0 Å². The van der Waals surface area contributed by atoms with Crippen molar-refractivity contribution in [2.45, 2.75) is 65.3 Å². The van der Waals surface area contributed by atoms with Crippen molar-refractivity contribution >= 4 is 12.0 Å². The van der Waals surface area contributed by atoms with E-state index in [1.165, 1.54) is 12.8 Å². The summed E-state index contributed by atoms with van der Waals surface area (Å²) < 4.78 is 0. The highest BCUT2D eigenvalue weighted by Gasteiger charge is 2.25. The van der Waals surface area contributed by atoms with Gasteiger partial charge in [0.15, 0.2) is 0 Å². The molecule has 5 heteroatoms. The van der Waals surface area contributed by atoms with Gasteiger partial charge in [-0.05, 0) is 45.4 Å². The Balaban J connectivity index is 2.56. The first kappa shape index (κ1) is 17.8. The molecule has 1 atom stereocenters. The number of hydrogen-bond acceptors (Lipinski definition) is 2. The third kappa shape index (κ3) is 5.94. The van der Waals surface area contributed by atoms with Gasteiger partial charge in [-0.2, -0.15) is 0 Å². The molecule has 1 fully saturated rings. The van der Waals surface area contributed by atoms with Crippen LogP contribution in [0.25, 0.3) is 0 Å². The Morgan fingerprint density at radius 3 is 2.57 bits per heavy atom. The van der Waals surface area contributed by atoms with Crippen molar-refractivity contribution in [3.05, 3.63) is 0 Å². The summed E-state index contributed by atoms with van der Waals surface area (Å²) in [7, 11) is 0. The number of amides is 2. The first-order chi connectivity index (χ1) is 9.95. The number of carboxylic acids is 1. The molecule has 1 N–H and O–H groups in total. The molecular weight excluding hydrogens is 268 g/mol. The van der Waals surface area contributed by atoms with E-state index in [2.05, 4.69) is 6.92 Å². The molecule has 1 unspecified atom stereocenters. The fourth-order valence-electron chi connectivity index (χ4n) is 2.92. The van der Waals surface area contributed by atoms with Crippen molar-refractivity contribution in [3.8, 4) is 0 Å². The van der Waals surface area contributed by atoms with Gasteiger partial charge in [0.05, 0.1) is 0 Å². The quantitative estimate of drug-likeness (QED) is 0.819. The van der Waals surface area contributed by atoms with E-state index >= 15 is 0 Å². The molecule has 2 amide bonds. The highest BCUT2D eigenvalue weighted by atomic mass is 16.4. The lowest BCUT2D eigenvalue weighted by Gasteiger charge is -2.32. The molecule has 0 aromatic rings. The van der Waals surface area contributed by atoms with Crippen LogP contribution in [-0.4, -0.2) is 52.6 Å². The van der Waals surface area contributed by atoms with Crippen molar-refractivity contribution in [2.75, 3.05) is 19.6 Å². The topological polar surface area (TPSA) is 60.9 Å². The summed E-state index contributed by atoms with van der Waals surface area (Å²) >= 11 is 0. The fourth-order valence-corrected chi connectivity index (χ4v) is 2.92. The van der Waals surface area contributed by atoms with E-state index in [0.717, 1.165) is 31.8 Å². The van der Waals surface area contributed by atoms with Gasteiger partial charge in [-0.1, -0.05) is 13.3 Å². The molecule has 0 saturated carbocycles. The average molecular weight is 298 g/mol. The van der Waals surface area contributed by atoms with Crippen LogP contribution in [0.3, 0.4) is 0 Å². The number of urea groups is 1. The Morgan fingerprint density at radius 2 is 2.00 bits per heavy atom. The zero-order valence-electron chi connectivity index (χ0n) is 13.7. The molecule has 0 bridgehead atoms. The minimum atomic E-state index is -0.799. The molecule has 0 aliphatic carbocycles. The van der Waals surface area contributed by atoms with E-state index in [1.807, 2.05) is 23.6 Å². The predicted molar refractivity (Wildman–Crippen MR) is 83.3 cm³/mol. The summed E-state index contributed by atoms with van der Waals surface area (Å²) in [5.41, 5.74) is 0. The van der Waals surface area contributed by atoms with Crippen LogP contribution in [0.4, 0.5) is 4.79 Å². The van der Waals surface area contributed by atoms with Crippen LogP contribution in [0.2, 0.25) is 0 Å². The molecule has 0 radical (unpaired) electrons. The van der Waals surface area contributed by atoms with Gasteiger partial charge in [0.1, 0.15) is 0 Å². The summed E-state index contributed by atoms with van der Waals surface area (Å²) in [6.45, 7) is 8.39. The summed E-state index contributed by atoms with van der Waals surface area (Å²) in [5, 5.41) is 8.73. The summed E-state index contributed by atoms with van der Waals surface area (Å²) in [6.07, 6.45) is 5.20. The van der Waals surface area contributed by atoms with E-state index in [-0.39, 0.29) is 18.5 Å². The lowest BCUT2D eigenvalue weighted by Crippen LogP contribution is -2.47. The van der Waals surface area contributed by atoms with Gasteiger partial charge in [-0.25, -0.2) is 4.79 Å². The van der Waals surface area contributed by atoms with Crippen LogP contribution in [0.5, 0.6) is 0 Å². The van der Waals surface area contributed by atoms with Crippen molar-refractivity contribution in [2.24, 2.45) is 5.92 Å². The minimum Gasteiger partial charge on any atom is -0.481 e. The van der Waals surface area contributed by atoms with Gasteiger partial charge >= 0.3 is 12.0 Å². The first-order valence-corrected chi connectivity index (χ1v) is 8.23. The number of aliphatic carboxylic acids is 1. The van der Waals surface area contributed by atoms with E-state index in [1.54, 1.807) is 0 Å². The third-order valence-electron chi connectivity index (χ3n) is 4.35. The Labute approximate surface area is 128 Å². The number of carbonyl (C=O) groups excluding carboxylic acids is 1. The molecule has 5 nitrogen and oxygen atoms in total. The van der Waals surface area contributed by atoms with Gasteiger partial charge in [0.2, 0.25) is 0 Å². The maximum Gasteiger partial charge on any atom is 0.320 e. The highest BCUT2D eigenvalue weighted by molar-refractivity contribution is 5.75. The molecule has 122 valence electrons. The van der Waals surface area contributed by atoms with E-state index in [4.69, 9.17) is 5.11 Å². The molecule has 0 aromatic heterocycles. The monoisotopic (exact) mass is 298 g/mol. The molecule has 21 heavy (non-hydrogen) atoms. The molecule has 1 aliphatic heterocycles. The second kappa shape index (κ2) is 8.90. The summed E-state index contributed by atoms with van der Waals surface area (Å²) in [5.74, 6) is -0.0611. The van der Waals surface area contributed by atoms with Crippen molar-refractivity contribution < 1.29 is 14.7 Å². The third-order valence-corrected chi connectivity index (χ3v) is 4.35. The lowest BCUT2D eigenvalue weighted by molar-refractivity contribution is -0.137. The Morgan fingerprint density at radius 1 is 1.29 bits per heavy atom. The highest BCUT2D eigenvalue weighted by Crippen LogP contribution is 2.21. The van der Waals surface area contributed by atoms with Crippen LogP contribution in [-0.2, 0) is 4.79 Å². The second-order valence-corrected chi connectivity index (χ2v) is 6.26. The molecule has 1 rings (SSSR count). The van der Waals surface area contributed by atoms with E-state index in [9.17, 15) is 9.59 Å². The van der Waals surface area contributed by atoms with Gasteiger partial charge in [0.25, 0.3) is 0 Å². The van der Waals surface area contributed by atoms with Crippen LogP contribution < -0.4 is 0 Å². The Hall–Kier alpha value is -1.26. The molecular formula is C16H30N2O3. The zero-order valence-corrected chi connectivity index (χ0v) is 13.7. The first-order valence-electron chi connectivity index (χ1n) is 8.23. The lowest BCUT2D eigenvalue weighted by atomic mass is 9.98. The van der Waals surface area contributed by atoms with Crippen LogP contribution >= 0.6 is 0 Å². The molecule has 1 aliphatic rings. The van der Waals surface area contributed by atoms with Crippen LogP contribution in [0, 0.1) is 5.92 Å². The number of likely N-dealkylation sites (tertiary alicyclic amines) is 1. The molecule has 0 aromatic carbocycles.